The molecule has 0 saturated carbocycles. The third-order valence-corrected chi connectivity index (χ3v) is 6.93. The van der Waals surface area contributed by atoms with Gasteiger partial charge in [0, 0.05) is 5.56 Å². The summed E-state index contributed by atoms with van der Waals surface area (Å²) in [5.74, 6) is -2.53. The standard InChI is InChI=1S/C26H24ClF3O6S/c1-25(2,3)36-23(31)14-35-21-10-9-17(16-7-5-4-6-8-16)11-18(21)15-37(33,34)22-13-19(26(28,29)30)12-20(27)24(22)32/h4-13,32H,14-15H2,1-3H3. The van der Waals surface area contributed by atoms with Gasteiger partial charge in [-0.05, 0) is 56.2 Å². The molecule has 0 radical (unpaired) electrons. The van der Waals surface area contributed by atoms with Crippen LogP contribution in [0.15, 0.2) is 65.6 Å². The first-order chi connectivity index (χ1) is 17.1. The van der Waals surface area contributed by atoms with Crippen LogP contribution in [0, 0.1) is 0 Å². The molecule has 0 amide bonds. The molecule has 0 unspecified atom stereocenters. The minimum atomic E-state index is -4.89. The van der Waals surface area contributed by atoms with E-state index in [2.05, 4.69) is 0 Å². The second kappa shape index (κ2) is 10.6. The first-order valence-corrected chi connectivity index (χ1v) is 13.0. The first kappa shape index (κ1) is 28.3. The molecule has 0 aliphatic carbocycles. The highest BCUT2D eigenvalue weighted by Gasteiger charge is 2.34. The van der Waals surface area contributed by atoms with E-state index < -0.39 is 61.2 Å². The summed E-state index contributed by atoms with van der Waals surface area (Å²) >= 11 is 5.72. The topological polar surface area (TPSA) is 89.9 Å². The fourth-order valence-electron chi connectivity index (χ4n) is 3.41. The molecule has 0 aromatic heterocycles. The summed E-state index contributed by atoms with van der Waals surface area (Å²) in [5.41, 5.74) is -0.706. The van der Waals surface area contributed by atoms with Crippen LogP contribution in [0.4, 0.5) is 13.2 Å². The highest BCUT2D eigenvalue weighted by atomic mass is 35.5. The molecule has 0 bridgehead atoms. The fourth-order valence-corrected chi connectivity index (χ4v) is 5.18. The molecule has 0 aliphatic rings. The van der Waals surface area contributed by atoms with E-state index in [0.717, 1.165) is 5.56 Å². The average Bonchev–Trinajstić information content (AvgIpc) is 2.78. The number of carbonyl (C=O) groups excluding carboxylic acids is 1. The van der Waals surface area contributed by atoms with Crippen molar-refractivity contribution in [3.8, 4) is 22.6 Å². The van der Waals surface area contributed by atoms with Crippen molar-refractivity contribution in [3.63, 3.8) is 0 Å². The Kier molecular flexibility index (Phi) is 8.14. The van der Waals surface area contributed by atoms with Gasteiger partial charge >= 0.3 is 12.1 Å². The van der Waals surface area contributed by atoms with Crippen LogP contribution in [0.3, 0.4) is 0 Å². The van der Waals surface area contributed by atoms with Crippen LogP contribution in [0.5, 0.6) is 11.5 Å². The van der Waals surface area contributed by atoms with E-state index in [-0.39, 0.29) is 11.3 Å². The molecule has 3 aromatic rings. The second-order valence-corrected chi connectivity index (χ2v) is 11.5. The zero-order valence-electron chi connectivity index (χ0n) is 20.1. The number of rotatable bonds is 7. The summed E-state index contributed by atoms with van der Waals surface area (Å²) in [5, 5.41) is 9.46. The van der Waals surface area contributed by atoms with Gasteiger partial charge in [-0.15, -0.1) is 0 Å². The van der Waals surface area contributed by atoms with Gasteiger partial charge < -0.3 is 14.6 Å². The Labute approximate surface area is 217 Å². The summed E-state index contributed by atoms with van der Waals surface area (Å²) < 4.78 is 77.1. The summed E-state index contributed by atoms with van der Waals surface area (Å²) in [7, 11) is -4.57. The fraction of sp³-hybridized carbons (Fsp3) is 0.269. The van der Waals surface area contributed by atoms with Crippen LogP contribution < -0.4 is 4.74 Å². The van der Waals surface area contributed by atoms with Gasteiger partial charge in [0.05, 0.1) is 16.3 Å². The number of halogens is 4. The third-order valence-electron chi connectivity index (χ3n) is 4.97. The minimum absolute atomic E-state index is 0.00618. The van der Waals surface area contributed by atoms with Crippen molar-refractivity contribution in [3.05, 3.63) is 76.8 Å². The number of ether oxygens (including phenoxy) is 2. The third kappa shape index (κ3) is 7.39. The number of esters is 1. The van der Waals surface area contributed by atoms with Gasteiger partial charge in [-0.3, -0.25) is 0 Å². The molecule has 0 atom stereocenters. The molecule has 1 N–H and O–H groups in total. The molecule has 198 valence electrons. The normalized spacial score (nSPS) is 12.3. The molecule has 0 aliphatic heterocycles. The van der Waals surface area contributed by atoms with Gasteiger partial charge in [-0.1, -0.05) is 48.0 Å². The number of sulfone groups is 1. The smallest absolute Gasteiger partial charge is 0.416 e. The maximum Gasteiger partial charge on any atom is 0.416 e. The Bertz CT molecular complexity index is 1400. The van der Waals surface area contributed by atoms with Crippen LogP contribution in [0.1, 0.15) is 31.9 Å². The van der Waals surface area contributed by atoms with E-state index in [1.165, 1.54) is 12.1 Å². The Balaban J connectivity index is 2.04. The molecule has 0 saturated heterocycles. The van der Waals surface area contributed by atoms with Crippen LogP contribution in [-0.2, 0) is 31.3 Å². The van der Waals surface area contributed by atoms with E-state index in [1.807, 2.05) is 0 Å². The average molecular weight is 557 g/mol. The van der Waals surface area contributed by atoms with E-state index in [4.69, 9.17) is 21.1 Å². The lowest BCUT2D eigenvalue weighted by Gasteiger charge is -2.20. The Morgan fingerprint density at radius 3 is 2.22 bits per heavy atom. The molecule has 0 spiro atoms. The van der Waals surface area contributed by atoms with Crippen LogP contribution in [0.25, 0.3) is 11.1 Å². The molecule has 3 rings (SSSR count). The SMILES string of the molecule is CC(C)(C)OC(=O)COc1ccc(-c2ccccc2)cc1CS(=O)(=O)c1cc(C(F)(F)F)cc(Cl)c1O. The number of hydrogen-bond donors (Lipinski definition) is 1. The summed E-state index contributed by atoms with van der Waals surface area (Å²) in [6.45, 7) is 4.48. The quantitative estimate of drug-likeness (QED) is 0.337. The van der Waals surface area contributed by atoms with Crippen molar-refractivity contribution in [1.82, 2.24) is 0 Å². The lowest BCUT2D eigenvalue weighted by atomic mass is 10.0. The maximum atomic E-state index is 13.3. The monoisotopic (exact) mass is 556 g/mol. The zero-order chi connectivity index (χ0) is 27.6. The molecule has 0 fully saturated rings. The second-order valence-electron chi connectivity index (χ2n) is 9.13. The predicted octanol–water partition coefficient (Wildman–Crippen LogP) is 6.43. The number of phenols is 1. The molecular formula is C26H24ClF3O6S. The number of aromatic hydroxyl groups is 1. The molecule has 3 aromatic carbocycles. The molecule has 6 nitrogen and oxygen atoms in total. The number of phenolic OH excluding ortho intramolecular Hbond substituents is 1. The van der Waals surface area contributed by atoms with Crippen molar-refractivity contribution >= 4 is 27.4 Å². The Hall–Kier alpha value is -3.24. The zero-order valence-corrected chi connectivity index (χ0v) is 21.7. The van der Waals surface area contributed by atoms with Gasteiger partial charge in [0.2, 0.25) is 0 Å². The summed E-state index contributed by atoms with van der Waals surface area (Å²) in [6.07, 6.45) is -4.89. The van der Waals surface area contributed by atoms with Crippen LogP contribution in [0.2, 0.25) is 5.02 Å². The predicted molar refractivity (Wildman–Crippen MR) is 132 cm³/mol. The largest absolute Gasteiger partial charge is 0.505 e. The Morgan fingerprint density at radius 1 is 0.973 bits per heavy atom. The maximum absolute atomic E-state index is 13.3. The van der Waals surface area contributed by atoms with Gasteiger partial charge in [0.25, 0.3) is 0 Å². The lowest BCUT2D eigenvalue weighted by molar-refractivity contribution is -0.157. The van der Waals surface area contributed by atoms with E-state index in [1.54, 1.807) is 57.2 Å². The van der Waals surface area contributed by atoms with Gasteiger partial charge in [-0.2, -0.15) is 13.2 Å². The highest BCUT2D eigenvalue weighted by molar-refractivity contribution is 7.90. The molecular weight excluding hydrogens is 533 g/mol. The van der Waals surface area contributed by atoms with Crippen molar-refractivity contribution < 1.29 is 41.0 Å². The van der Waals surface area contributed by atoms with Crippen LogP contribution in [-0.4, -0.2) is 31.7 Å². The van der Waals surface area contributed by atoms with Gasteiger partial charge in [0.15, 0.2) is 22.2 Å². The van der Waals surface area contributed by atoms with Crippen molar-refractivity contribution in [2.45, 2.75) is 43.2 Å². The van der Waals surface area contributed by atoms with E-state index in [0.29, 0.717) is 17.7 Å². The van der Waals surface area contributed by atoms with E-state index in [9.17, 15) is 31.5 Å². The molecule has 0 heterocycles. The summed E-state index contributed by atoms with van der Waals surface area (Å²) in [4.78, 5) is 11.2. The number of alkyl halides is 3. The van der Waals surface area contributed by atoms with Crippen molar-refractivity contribution in [2.75, 3.05) is 6.61 Å². The Morgan fingerprint density at radius 2 is 1.62 bits per heavy atom. The van der Waals surface area contributed by atoms with Gasteiger partial charge in [-0.25, -0.2) is 13.2 Å². The van der Waals surface area contributed by atoms with Crippen molar-refractivity contribution in [2.24, 2.45) is 0 Å². The van der Waals surface area contributed by atoms with Crippen molar-refractivity contribution in [1.29, 1.82) is 0 Å². The number of carbonyl (C=O) groups is 1. The van der Waals surface area contributed by atoms with E-state index >= 15 is 0 Å². The van der Waals surface area contributed by atoms with Gasteiger partial charge in [0.1, 0.15) is 16.2 Å². The number of benzene rings is 3. The first-order valence-electron chi connectivity index (χ1n) is 10.9. The van der Waals surface area contributed by atoms with Crippen LogP contribution >= 0.6 is 11.6 Å². The molecule has 11 heteroatoms. The number of hydrogen-bond acceptors (Lipinski definition) is 6. The lowest BCUT2D eigenvalue weighted by Crippen LogP contribution is -2.27. The highest BCUT2D eigenvalue weighted by Crippen LogP contribution is 2.40. The minimum Gasteiger partial charge on any atom is -0.505 e. The summed E-state index contributed by atoms with van der Waals surface area (Å²) in [6, 6.07) is 14.3. The molecule has 37 heavy (non-hydrogen) atoms.